The first-order valence-corrected chi connectivity index (χ1v) is 5.76. The van der Waals surface area contributed by atoms with E-state index in [1.54, 1.807) is 12.1 Å². The summed E-state index contributed by atoms with van der Waals surface area (Å²) in [4.78, 5) is 28.9. The SMILES string of the molecule is O=C(O)c1nc2nccc(-c3cccc([N+](=O)[O-])c3)n2n1. The summed E-state index contributed by atoms with van der Waals surface area (Å²) in [5.74, 6) is -1.55. The zero-order valence-electron chi connectivity index (χ0n) is 10.4. The number of aromatic carboxylic acids is 1. The molecular weight excluding hydrogens is 278 g/mol. The van der Waals surface area contributed by atoms with Crippen LogP contribution in [0.5, 0.6) is 0 Å². The summed E-state index contributed by atoms with van der Waals surface area (Å²) in [6.45, 7) is 0. The van der Waals surface area contributed by atoms with E-state index >= 15 is 0 Å². The molecule has 0 unspecified atom stereocenters. The Labute approximate surface area is 116 Å². The Balaban J connectivity index is 2.22. The lowest BCUT2D eigenvalue weighted by Crippen LogP contribution is -2.00. The maximum atomic E-state index is 10.9. The summed E-state index contributed by atoms with van der Waals surface area (Å²) in [5.41, 5.74) is 0.901. The highest BCUT2D eigenvalue weighted by Gasteiger charge is 2.15. The molecule has 104 valence electrons. The molecule has 0 spiro atoms. The monoisotopic (exact) mass is 285 g/mol. The van der Waals surface area contributed by atoms with E-state index in [-0.39, 0.29) is 17.3 Å². The van der Waals surface area contributed by atoms with Crippen LogP contribution in [0.1, 0.15) is 10.6 Å². The Morgan fingerprint density at radius 2 is 2.14 bits per heavy atom. The van der Waals surface area contributed by atoms with Crippen LogP contribution in [0.3, 0.4) is 0 Å². The first-order chi connectivity index (χ1) is 10.1. The molecule has 0 saturated carbocycles. The molecule has 0 aliphatic heterocycles. The van der Waals surface area contributed by atoms with Crippen LogP contribution in [0, 0.1) is 10.1 Å². The van der Waals surface area contributed by atoms with Crippen molar-refractivity contribution in [3.8, 4) is 11.3 Å². The molecule has 0 aliphatic carbocycles. The number of aromatic nitrogens is 4. The molecule has 21 heavy (non-hydrogen) atoms. The second kappa shape index (κ2) is 4.63. The van der Waals surface area contributed by atoms with Gasteiger partial charge in [0.05, 0.1) is 10.6 Å². The van der Waals surface area contributed by atoms with Gasteiger partial charge in [0.25, 0.3) is 17.3 Å². The predicted molar refractivity (Wildman–Crippen MR) is 69.8 cm³/mol. The van der Waals surface area contributed by atoms with E-state index in [4.69, 9.17) is 5.11 Å². The van der Waals surface area contributed by atoms with Gasteiger partial charge >= 0.3 is 5.97 Å². The first kappa shape index (κ1) is 12.7. The molecule has 0 radical (unpaired) electrons. The van der Waals surface area contributed by atoms with E-state index in [2.05, 4.69) is 15.1 Å². The molecule has 1 N–H and O–H groups in total. The second-order valence-corrected chi connectivity index (χ2v) is 4.09. The molecule has 3 rings (SSSR count). The number of benzene rings is 1. The summed E-state index contributed by atoms with van der Waals surface area (Å²) in [7, 11) is 0. The highest BCUT2D eigenvalue weighted by molar-refractivity contribution is 5.83. The summed E-state index contributed by atoms with van der Waals surface area (Å²) >= 11 is 0. The van der Waals surface area contributed by atoms with E-state index < -0.39 is 10.9 Å². The van der Waals surface area contributed by atoms with Crippen LogP contribution in [-0.2, 0) is 0 Å². The van der Waals surface area contributed by atoms with E-state index in [0.29, 0.717) is 11.3 Å². The van der Waals surface area contributed by atoms with Gasteiger partial charge in [0.1, 0.15) is 0 Å². The van der Waals surface area contributed by atoms with Crippen molar-refractivity contribution >= 4 is 17.4 Å². The lowest BCUT2D eigenvalue weighted by atomic mass is 10.1. The average molecular weight is 285 g/mol. The maximum Gasteiger partial charge on any atom is 0.375 e. The third-order valence-corrected chi connectivity index (χ3v) is 2.78. The number of non-ortho nitro benzene ring substituents is 1. The molecule has 2 aromatic heterocycles. The number of nitro benzene ring substituents is 1. The molecular formula is C12H7N5O4. The van der Waals surface area contributed by atoms with Crippen LogP contribution < -0.4 is 0 Å². The van der Waals surface area contributed by atoms with Gasteiger partial charge in [-0.3, -0.25) is 10.1 Å². The highest BCUT2D eigenvalue weighted by Crippen LogP contribution is 2.23. The average Bonchev–Trinajstić information content (AvgIpc) is 2.91. The van der Waals surface area contributed by atoms with Gasteiger partial charge in [-0.25, -0.2) is 9.78 Å². The molecule has 0 saturated heterocycles. The topological polar surface area (TPSA) is 124 Å². The van der Waals surface area contributed by atoms with Gasteiger partial charge in [-0.05, 0) is 6.07 Å². The fraction of sp³-hybridized carbons (Fsp3) is 0. The van der Waals surface area contributed by atoms with Gasteiger partial charge in [-0.1, -0.05) is 12.1 Å². The molecule has 0 bridgehead atoms. The Hall–Kier alpha value is -3.36. The molecule has 9 nitrogen and oxygen atoms in total. The molecule has 1 aromatic carbocycles. The number of carboxylic acids is 1. The Morgan fingerprint density at radius 3 is 2.86 bits per heavy atom. The van der Waals surface area contributed by atoms with E-state index in [0.717, 1.165) is 0 Å². The molecule has 3 aromatic rings. The van der Waals surface area contributed by atoms with Gasteiger partial charge < -0.3 is 5.11 Å². The quantitative estimate of drug-likeness (QED) is 0.569. The van der Waals surface area contributed by atoms with Gasteiger partial charge in [-0.15, -0.1) is 5.10 Å². The lowest BCUT2D eigenvalue weighted by molar-refractivity contribution is -0.384. The number of nitrogens with zero attached hydrogens (tertiary/aromatic N) is 5. The maximum absolute atomic E-state index is 10.9. The number of carboxylic acid groups (broad SMARTS) is 1. The standard InChI is InChI=1S/C12H7N5O4/c18-11(19)10-14-12-13-5-4-9(16(12)15-10)7-2-1-3-8(6-7)17(20)21/h1-6H,(H,18,19). The van der Waals surface area contributed by atoms with Crippen LogP contribution in [0.25, 0.3) is 17.0 Å². The number of rotatable bonds is 3. The molecule has 0 atom stereocenters. The minimum atomic E-state index is -1.27. The lowest BCUT2D eigenvalue weighted by Gasteiger charge is -2.03. The fourth-order valence-electron chi connectivity index (χ4n) is 1.88. The molecule has 0 aliphatic rings. The van der Waals surface area contributed by atoms with Crippen molar-refractivity contribution in [2.75, 3.05) is 0 Å². The largest absolute Gasteiger partial charge is 0.475 e. The second-order valence-electron chi connectivity index (χ2n) is 4.09. The van der Waals surface area contributed by atoms with Crippen LogP contribution in [-0.4, -0.2) is 35.6 Å². The highest BCUT2D eigenvalue weighted by atomic mass is 16.6. The summed E-state index contributed by atoms with van der Waals surface area (Å²) in [6.07, 6.45) is 1.43. The Kier molecular flexibility index (Phi) is 2.79. The number of carbonyl (C=O) groups is 1. The van der Waals surface area contributed by atoms with Crippen molar-refractivity contribution in [2.24, 2.45) is 0 Å². The number of fused-ring (bicyclic) bond motifs is 1. The zero-order chi connectivity index (χ0) is 15.0. The Morgan fingerprint density at radius 1 is 1.33 bits per heavy atom. The first-order valence-electron chi connectivity index (χ1n) is 5.76. The molecule has 9 heteroatoms. The number of nitro groups is 1. The van der Waals surface area contributed by atoms with Crippen molar-refractivity contribution in [1.29, 1.82) is 0 Å². The summed E-state index contributed by atoms with van der Waals surface area (Å²) in [5, 5.41) is 23.6. The van der Waals surface area contributed by atoms with E-state index in [9.17, 15) is 14.9 Å². The smallest absolute Gasteiger partial charge is 0.375 e. The van der Waals surface area contributed by atoms with E-state index in [1.165, 1.54) is 28.9 Å². The molecule has 0 amide bonds. The van der Waals surface area contributed by atoms with Gasteiger partial charge in [0, 0.05) is 23.9 Å². The third kappa shape index (κ3) is 2.16. The molecule has 2 heterocycles. The van der Waals surface area contributed by atoms with Crippen LogP contribution in [0.2, 0.25) is 0 Å². The van der Waals surface area contributed by atoms with Crippen molar-refractivity contribution in [2.45, 2.75) is 0 Å². The molecule has 0 fully saturated rings. The zero-order valence-corrected chi connectivity index (χ0v) is 10.4. The van der Waals surface area contributed by atoms with Crippen molar-refractivity contribution in [3.05, 3.63) is 52.5 Å². The third-order valence-electron chi connectivity index (χ3n) is 2.78. The van der Waals surface area contributed by atoms with Crippen LogP contribution in [0.4, 0.5) is 5.69 Å². The Bertz CT molecular complexity index is 873. The number of hydrogen-bond donors (Lipinski definition) is 1. The van der Waals surface area contributed by atoms with E-state index in [1.807, 2.05) is 0 Å². The van der Waals surface area contributed by atoms with Gasteiger partial charge in [0.15, 0.2) is 0 Å². The van der Waals surface area contributed by atoms with Crippen molar-refractivity contribution in [3.63, 3.8) is 0 Å². The van der Waals surface area contributed by atoms with Gasteiger partial charge in [-0.2, -0.15) is 9.50 Å². The minimum absolute atomic E-state index is 0.0731. The minimum Gasteiger partial charge on any atom is -0.475 e. The summed E-state index contributed by atoms with van der Waals surface area (Å²) in [6, 6.07) is 7.51. The van der Waals surface area contributed by atoms with Gasteiger partial charge in [0.2, 0.25) is 0 Å². The normalized spacial score (nSPS) is 10.7. The summed E-state index contributed by atoms with van der Waals surface area (Å²) < 4.78 is 1.24. The van der Waals surface area contributed by atoms with Crippen molar-refractivity contribution < 1.29 is 14.8 Å². The van der Waals surface area contributed by atoms with Crippen LogP contribution in [0.15, 0.2) is 36.5 Å². The van der Waals surface area contributed by atoms with Crippen LogP contribution >= 0.6 is 0 Å². The fourth-order valence-corrected chi connectivity index (χ4v) is 1.88. The van der Waals surface area contributed by atoms with Crippen molar-refractivity contribution in [1.82, 2.24) is 19.6 Å². The number of hydrogen-bond acceptors (Lipinski definition) is 6. The predicted octanol–water partition coefficient (Wildman–Crippen LogP) is 1.40.